The minimum Gasteiger partial charge on any atom is -0.354 e. The van der Waals surface area contributed by atoms with E-state index in [1.54, 1.807) is 6.08 Å². The van der Waals surface area contributed by atoms with Gasteiger partial charge in [-0.25, -0.2) is 0 Å². The molecule has 2 heteroatoms. The number of hydrogen-bond donors (Lipinski definition) is 2. The molecule has 0 bridgehead atoms. The fraction of sp³-hybridized carbons (Fsp3) is 0.0889. The summed E-state index contributed by atoms with van der Waals surface area (Å²) in [5, 5.41) is 14.2. The highest BCUT2D eigenvalue weighted by Crippen LogP contribution is 2.48. The average Bonchev–Trinajstić information content (AvgIpc) is 3.73. The molecular weight excluding hydrogens is 569 g/mol. The van der Waals surface area contributed by atoms with E-state index in [2.05, 4.69) is 127 Å². The third kappa shape index (κ3) is 4.76. The summed E-state index contributed by atoms with van der Waals surface area (Å²) in [4.78, 5) is 3.42. The van der Waals surface area contributed by atoms with Crippen molar-refractivity contribution in [3.05, 3.63) is 162 Å². The van der Waals surface area contributed by atoms with Crippen molar-refractivity contribution in [1.82, 2.24) is 4.98 Å². The molecule has 5 aromatic carbocycles. The second-order valence-electron chi connectivity index (χ2n) is 12.4. The lowest BCUT2D eigenvalue weighted by atomic mass is 9.78. The molecule has 2 aliphatic carbocycles. The van der Waals surface area contributed by atoms with Gasteiger partial charge in [-0.2, -0.15) is 0 Å². The average molecular weight is 605 g/mol. The normalized spacial score (nSPS) is 15.1. The molecule has 2 N–H and O–H groups in total. The third-order valence-corrected chi connectivity index (χ3v) is 9.83. The Bertz CT molecular complexity index is 2400. The van der Waals surface area contributed by atoms with Gasteiger partial charge in [0.25, 0.3) is 0 Å². The Morgan fingerprint density at radius 2 is 1.57 bits per heavy atom. The van der Waals surface area contributed by atoms with Crippen molar-refractivity contribution in [2.24, 2.45) is 0 Å². The molecule has 1 heterocycles. The highest BCUT2D eigenvalue weighted by Gasteiger charge is 2.26. The molecular formula is C45H36N2. The maximum absolute atomic E-state index is 8.10. The van der Waals surface area contributed by atoms with E-state index in [1.165, 1.54) is 72.3 Å². The van der Waals surface area contributed by atoms with E-state index in [1.807, 2.05) is 12.2 Å². The molecule has 0 aliphatic heterocycles. The molecule has 0 fully saturated rings. The first-order valence-corrected chi connectivity index (χ1v) is 16.5. The number of allylic oxidation sites excluding steroid dienone is 8. The summed E-state index contributed by atoms with van der Waals surface area (Å²) in [5.41, 5.74) is 14.6. The van der Waals surface area contributed by atoms with Crippen molar-refractivity contribution in [2.45, 2.75) is 25.7 Å². The van der Waals surface area contributed by atoms with Gasteiger partial charge >= 0.3 is 0 Å². The van der Waals surface area contributed by atoms with Crippen LogP contribution in [0.3, 0.4) is 0 Å². The van der Waals surface area contributed by atoms with Crippen LogP contribution < -0.4 is 0 Å². The van der Waals surface area contributed by atoms with Gasteiger partial charge in [0.15, 0.2) is 0 Å². The quantitative estimate of drug-likeness (QED) is 0.134. The number of rotatable bonds is 7. The van der Waals surface area contributed by atoms with Crippen LogP contribution in [-0.2, 0) is 6.42 Å². The van der Waals surface area contributed by atoms with Crippen molar-refractivity contribution < 1.29 is 0 Å². The monoisotopic (exact) mass is 604 g/mol. The summed E-state index contributed by atoms with van der Waals surface area (Å²) in [6.45, 7) is 7.83. The Labute approximate surface area is 276 Å². The molecule has 0 spiro atoms. The zero-order valence-corrected chi connectivity index (χ0v) is 26.4. The fourth-order valence-corrected chi connectivity index (χ4v) is 7.71. The van der Waals surface area contributed by atoms with Gasteiger partial charge in [-0.05, 0) is 122 Å². The first kappa shape index (κ1) is 28.7. The van der Waals surface area contributed by atoms with Crippen LogP contribution in [0.25, 0.3) is 72.4 Å². The molecule has 0 unspecified atom stereocenters. The second kappa shape index (κ2) is 11.9. The van der Waals surface area contributed by atoms with Gasteiger partial charge in [0, 0.05) is 28.4 Å². The molecule has 0 atom stereocenters. The Morgan fingerprint density at radius 3 is 2.43 bits per heavy atom. The van der Waals surface area contributed by atoms with Crippen LogP contribution in [0.15, 0.2) is 134 Å². The van der Waals surface area contributed by atoms with Crippen LogP contribution >= 0.6 is 0 Å². The van der Waals surface area contributed by atoms with Gasteiger partial charge < -0.3 is 10.4 Å². The summed E-state index contributed by atoms with van der Waals surface area (Å²) in [6, 6.07) is 29.0. The van der Waals surface area contributed by atoms with Gasteiger partial charge in [0.05, 0.1) is 0 Å². The van der Waals surface area contributed by atoms with Crippen LogP contribution in [0.5, 0.6) is 0 Å². The molecule has 0 radical (unpaired) electrons. The molecule has 2 nitrogen and oxygen atoms in total. The van der Waals surface area contributed by atoms with E-state index in [0.717, 1.165) is 53.4 Å². The zero-order valence-electron chi connectivity index (χ0n) is 26.4. The molecule has 47 heavy (non-hydrogen) atoms. The summed E-state index contributed by atoms with van der Waals surface area (Å²) in [5.74, 6) is 0. The smallest absolute Gasteiger partial charge is 0.0474 e. The molecule has 226 valence electrons. The lowest BCUT2D eigenvalue weighted by Crippen LogP contribution is -2.05. The highest BCUT2D eigenvalue weighted by atomic mass is 14.7. The Morgan fingerprint density at radius 1 is 0.745 bits per heavy atom. The zero-order chi connectivity index (χ0) is 31.9. The lowest BCUT2D eigenvalue weighted by Gasteiger charge is -2.25. The number of H-pyrrole nitrogens is 1. The number of fused-ring (bicyclic) bond motifs is 4. The molecule has 0 saturated carbocycles. The van der Waals surface area contributed by atoms with Crippen molar-refractivity contribution in [1.29, 1.82) is 5.41 Å². The largest absolute Gasteiger partial charge is 0.354 e. The predicted molar refractivity (Wildman–Crippen MR) is 204 cm³/mol. The van der Waals surface area contributed by atoms with Gasteiger partial charge in [0.1, 0.15) is 0 Å². The van der Waals surface area contributed by atoms with Crippen LogP contribution in [0.1, 0.15) is 47.2 Å². The Balaban J connectivity index is 1.46. The standard InChI is InChI=1S/C45H36N2/c1-3-5-6-13-30-16-11-20-34(30)44-36-18-9-10-19-37(36)45(35-21-12-15-29-14-7-8-17-33(29)35)38-24-22-31(27-40(38)44)32-23-25-43-39(26-32)41(28-46)42(4-2)47-43/h3-8,10,12-15,17,19-28,46-47H,1-2,9,11,16,18H2/b6-5-,30-13+,46-28?. The van der Waals surface area contributed by atoms with E-state index in [4.69, 9.17) is 5.41 Å². The minimum atomic E-state index is 0.871. The third-order valence-electron chi connectivity index (χ3n) is 9.83. The summed E-state index contributed by atoms with van der Waals surface area (Å²) >= 11 is 0. The number of benzene rings is 5. The van der Waals surface area contributed by atoms with Crippen LogP contribution in [0.4, 0.5) is 0 Å². The number of hydrogen-bond acceptors (Lipinski definition) is 1. The van der Waals surface area contributed by atoms with Crippen molar-refractivity contribution in [3.63, 3.8) is 0 Å². The van der Waals surface area contributed by atoms with Crippen LogP contribution in [-0.4, -0.2) is 11.2 Å². The maximum atomic E-state index is 8.10. The van der Waals surface area contributed by atoms with E-state index in [0.29, 0.717) is 0 Å². The molecule has 6 aromatic rings. The Hall–Kier alpha value is -5.73. The number of nitrogens with one attached hydrogen (secondary N) is 2. The van der Waals surface area contributed by atoms with Gasteiger partial charge in [0.2, 0.25) is 0 Å². The van der Waals surface area contributed by atoms with Crippen LogP contribution in [0, 0.1) is 5.41 Å². The summed E-state index contributed by atoms with van der Waals surface area (Å²) < 4.78 is 0. The summed E-state index contributed by atoms with van der Waals surface area (Å²) in [6.07, 6.45) is 22.8. The maximum Gasteiger partial charge on any atom is 0.0474 e. The Kier molecular flexibility index (Phi) is 7.27. The molecule has 2 aliphatic rings. The molecule has 8 rings (SSSR count). The topological polar surface area (TPSA) is 39.6 Å². The molecule has 0 saturated heterocycles. The number of aromatic amines is 1. The predicted octanol–water partition coefficient (Wildman–Crippen LogP) is 12.3. The van der Waals surface area contributed by atoms with Crippen LogP contribution in [0.2, 0.25) is 0 Å². The number of aromatic nitrogens is 1. The van der Waals surface area contributed by atoms with E-state index < -0.39 is 0 Å². The lowest BCUT2D eigenvalue weighted by molar-refractivity contribution is 0.984. The first-order valence-electron chi connectivity index (χ1n) is 16.5. The van der Waals surface area contributed by atoms with Crippen molar-refractivity contribution in [2.75, 3.05) is 0 Å². The van der Waals surface area contributed by atoms with E-state index >= 15 is 0 Å². The highest BCUT2D eigenvalue weighted by molar-refractivity contribution is 6.14. The minimum absolute atomic E-state index is 0.871. The fourth-order valence-electron chi connectivity index (χ4n) is 7.71. The first-order chi connectivity index (χ1) is 23.2. The molecule has 1 aromatic heterocycles. The van der Waals surface area contributed by atoms with E-state index in [-0.39, 0.29) is 0 Å². The van der Waals surface area contributed by atoms with Gasteiger partial charge in [-0.1, -0.05) is 116 Å². The second-order valence-corrected chi connectivity index (χ2v) is 12.4. The summed E-state index contributed by atoms with van der Waals surface area (Å²) in [7, 11) is 0. The van der Waals surface area contributed by atoms with Crippen molar-refractivity contribution in [3.8, 4) is 22.3 Å². The van der Waals surface area contributed by atoms with E-state index in [9.17, 15) is 0 Å². The van der Waals surface area contributed by atoms with Crippen molar-refractivity contribution >= 4 is 56.4 Å². The SMILES string of the molecule is C=C/C=C\C=C1/CCC=C1c1c2c(c(-c3cccc4ccccc34)c3ccc(-c4ccc5[nH]c(C=C)c(C=N)c5c4)cc13)C=CCC2. The van der Waals surface area contributed by atoms with Gasteiger partial charge in [-0.3, -0.25) is 0 Å². The van der Waals surface area contributed by atoms with Gasteiger partial charge in [-0.15, -0.1) is 0 Å². The molecule has 0 amide bonds.